The van der Waals surface area contributed by atoms with Gasteiger partial charge in [0.2, 0.25) is 5.90 Å². The van der Waals surface area contributed by atoms with Gasteiger partial charge in [0.25, 0.3) is 5.91 Å². The first-order valence-electron chi connectivity index (χ1n) is 14.0. The quantitative estimate of drug-likeness (QED) is 0.0685. The molecule has 12 heteroatoms. The summed E-state index contributed by atoms with van der Waals surface area (Å²) >= 11 is 19.2. The van der Waals surface area contributed by atoms with Gasteiger partial charge in [-0.2, -0.15) is 0 Å². The molecule has 0 fully saturated rings. The van der Waals surface area contributed by atoms with E-state index in [1.54, 1.807) is 84.9 Å². The second-order valence-corrected chi connectivity index (χ2v) is 11.5. The van der Waals surface area contributed by atoms with Crippen LogP contribution in [0.3, 0.4) is 0 Å². The van der Waals surface area contributed by atoms with Crippen LogP contribution in [0, 0.1) is 0 Å². The highest BCUT2D eigenvalue weighted by molar-refractivity contribution is 6.35. The van der Waals surface area contributed by atoms with Crippen LogP contribution in [0.25, 0.3) is 10.4 Å². The first-order valence-corrected chi connectivity index (χ1v) is 15.2. The van der Waals surface area contributed by atoms with Gasteiger partial charge in [0.05, 0.1) is 6.61 Å². The van der Waals surface area contributed by atoms with E-state index in [1.165, 1.54) is 0 Å². The SMILES string of the molecule is [N-]=[N+]=Nc1ccccc1C[C@@]1(C(=O)NCc2cccc(Cl)c2)N=C(c2ccc(OCCCO)cc2)O[C@@H]1c1ccc(Cl)cc1Cl. The Kier molecular flexibility index (Phi) is 10.5. The number of ether oxygens (including phenoxy) is 2. The Labute approximate surface area is 275 Å². The van der Waals surface area contributed by atoms with Crippen molar-refractivity contribution in [3.05, 3.63) is 139 Å². The van der Waals surface area contributed by atoms with Crippen molar-refractivity contribution in [3.63, 3.8) is 0 Å². The van der Waals surface area contributed by atoms with Crippen LogP contribution in [0.2, 0.25) is 15.1 Å². The summed E-state index contributed by atoms with van der Waals surface area (Å²) in [4.78, 5) is 22.5. The Morgan fingerprint density at radius 3 is 2.53 bits per heavy atom. The number of carbonyl (C=O) groups is 1. The molecule has 0 bridgehead atoms. The Bertz CT molecular complexity index is 1760. The molecule has 0 aromatic heterocycles. The van der Waals surface area contributed by atoms with Crippen molar-refractivity contribution in [1.29, 1.82) is 0 Å². The zero-order valence-electron chi connectivity index (χ0n) is 23.9. The summed E-state index contributed by atoms with van der Waals surface area (Å²) in [7, 11) is 0. The highest BCUT2D eigenvalue weighted by atomic mass is 35.5. The van der Waals surface area contributed by atoms with Gasteiger partial charge in [-0.25, -0.2) is 4.99 Å². The summed E-state index contributed by atoms with van der Waals surface area (Å²) in [6.07, 6.45) is -0.471. The maximum Gasteiger partial charge on any atom is 0.252 e. The second-order valence-electron chi connectivity index (χ2n) is 10.3. The minimum absolute atomic E-state index is 0.0129. The van der Waals surface area contributed by atoms with Crippen LogP contribution < -0.4 is 10.1 Å². The number of nitrogens with one attached hydrogen (secondary N) is 1. The zero-order valence-corrected chi connectivity index (χ0v) is 26.1. The highest BCUT2D eigenvalue weighted by Gasteiger charge is 2.54. The van der Waals surface area contributed by atoms with Crippen molar-refractivity contribution >= 4 is 52.3 Å². The van der Waals surface area contributed by atoms with Gasteiger partial charge in [-0.05, 0) is 65.2 Å². The van der Waals surface area contributed by atoms with E-state index < -0.39 is 17.6 Å². The molecule has 1 heterocycles. The third-order valence-electron chi connectivity index (χ3n) is 7.22. The van der Waals surface area contributed by atoms with E-state index in [-0.39, 0.29) is 25.5 Å². The van der Waals surface area contributed by atoms with Crippen molar-refractivity contribution in [2.75, 3.05) is 13.2 Å². The Morgan fingerprint density at radius 1 is 1.02 bits per heavy atom. The van der Waals surface area contributed by atoms with Gasteiger partial charge in [-0.15, -0.1) is 0 Å². The van der Waals surface area contributed by atoms with Crippen LogP contribution in [-0.4, -0.2) is 35.7 Å². The molecular formula is C33H28Cl3N5O4. The molecule has 0 saturated carbocycles. The Morgan fingerprint density at radius 2 is 1.80 bits per heavy atom. The summed E-state index contributed by atoms with van der Waals surface area (Å²) in [5.74, 6) is 0.386. The first kappa shape index (κ1) is 32.2. The summed E-state index contributed by atoms with van der Waals surface area (Å²) < 4.78 is 12.2. The lowest BCUT2D eigenvalue weighted by molar-refractivity contribution is -0.129. The van der Waals surface area contributed by atoms with Gasteiger partial charge in [-0.3, -0.25) is 4.79 Å². The minimum atomic E-state index is -1.59. The molecule has 0 saturated heterocycles. The number of benzene rings is 4. The molecule has 230 valence electrons. The number of azide groups is 1. The topological polar surface area (TPSA) is 129 Å². The van der Waals surface area contributed by atoms with Crippen molar-refractivity contribution in [2.24, 2.45) is 10.1 Å². The standard InChI is InChI=1S/C33H28Cl3N5O4/c34-24-7-3-5-21(17-24)20-38-32(43)33(19-23-6-1-2-8-29(23)40-41-37)30(27-14-11-25(35)18-28(27)36)45-31(39-33)22-9-12-26(13-10-22)44-16-4-15-42/h1-3,5-14,17-18,30,42H,4,15-16,19-20H2,(H,38,43)/t30-,33-/m1/s1. The number of aliphatic imine (C=N–C) groups is 1. The largest absolute Gasteiger partial charge is 0.494 e. The molecule has 1 amide bonds. The van der Waals surface area contributed by atoms with Crippen molar-refractivity contribution in [2.45, 2.75) is 31.0 Å². The molecule has 45 heavy (non-hydrogen) atoms. The molecule has 4 aromatic carbocycles. The molecule has 0 spiro atoms. The number of carbonyl (C=O) groups excluding carboxylic acids is 1. The summed E-state index contributed by atoms with van der Waals surface area (Å²) in [6.45, 7) is 0.567. The fourth-order valence-corrected chi connectivity index (χ4v) is 5.77. The average Bonchev–Trinajstić information content (AvgIpc) is 3.41. The molecule has 2 atom stereocenters. The van der Waals surface area contributed by atoms with Crippen LogP contribution in [0.5, 0.6) is 5.75 Å². The lowest BCUT2D eigenvalue weighted by Crippen LogP contribution is -2.49. The molecule has 0 radical (unpaired) electrons. The number of rotatable bonds is 12. The van der Waals surface area contributed by atoms with Gasteiger partial charge in [0, 0.05) is 62.8 Å². The molecule has 1 aliphatic rings. The molecule has 5 rings (SSSR count). The monoisotopic (exact) mass is 663 g/mol. The van der Waals surface area contributed by atoms with Crippen LogP contribution >= 0.6 is 34.8 Å². The van der Waals surface area contributed by atoms with E-state index in [0.717, 1.165) is 5.56 Å². The third kappa shape index (κ3) is 7.53. The molecular weight excluding hydrogens is 637 g/mol. The summed E-state index contributed by atoms with van der Waals surface area (Å²) in [5.41, 5.74) is 10.5. The van der Waals surface area contributed by atoms with Crippen molar-refractivity contribution in [1.82, 2.24) is 5.32 Å². The van der Waals surface area contributed by atoms with Gasteiger partial charge in [-0.1, -0.05) is 82.4 Å². The number of amides is 1. The van der Waals surface area contributed by atoms with Crippen LogP contribution in [0.1, 0.15) is 34.8 Å². The smallest absolute Gasteiger partial charge is 0.252 e. The third-order valence-corrected chi connectivity index (χ3v) is 8.02. The Balaban J connectivity index is 1.62. The average molecular weight is 665 g/mol. The lowest BCUT2D eigenvalue weighted by atomic mass is 9.81. The van der Waals surface area contributed by atoms with E-state index in [1.807, 2.05) is 6.07 Å². The maximum atomic E-state index is 14.5. The van der Waals surface area contributed by atoms with Gasteiger partial charge < -0.3 is 19.9 Å². The fraction of sp³-hybridized carbons (Fsp3) is 0.212. The molecule has 0 unspecified atom stereocenters. The van der Waals surface area contributed by atoms with E-state index in [2.05, 4.69) is 15.3 Å². The molecule has 2 N–H and O–H groups in total. The Hall–Kier alpha value is -4.24. The number of hydrogen-bond acceptors (Lipinski definition) is 6. The summed E-state index contributed by atoms with van der Waals surface area (Å²) in [5, 5.41) is 17.2. The van der Waals surface area contributed by atoms with Crippen molar-refractivity contribution in [3.8, 4) is 5.75 Å². The number of halogens is 3. The van der Waals surface area contributed by atoms with Crippen LogP contribution in [0.15, 0.2) is 101 Å². The van der Waals surface area contributed by atoms with Crippen LogP contribution in [-0.2, 0) is 22.5 Å². The fourth-order valence-electron chi connectivity index (χ4n) is 5.05. The molecule has 4 aromatic rings. The van der Waals surface area contributed by atoms with Gasteiger partial charge in [0.15, 0.2) is 11.6 Å². The predicted molar refractivity (Wildman–Crippen MR) is 175 cm³/mol. The lowest BCUT2D eigenvalue weighted by Gasteiger charge is -2.31. The first-order chi connectivity index (χ1) is 21.8. The van der Waals surface area contributed by atoms with Gasteiger partial charge >= 0.3 is 0 Å². The predicted octanol–water partition coefficient (Wildman–Crippen LogP) is 8.17. The van der Waals surface area contributed by atoms with Crippen LogP contribution in [0.4, 0.5) is 5.69 Å². The number of aliphatic hydroxyl groups excluding tert-OH is 1. The molecule has 0 aliphatic carbocycles. The van der Waals surface area contributed by atoms with E-state index in [9.17, 15) is 10.3 Å². The van der Waals surface area contributed by atoms with Gasteiger partial charge in [0.1, 0.15) is 5.75 Å². The molecule has 9 nitrogen and oxygen atoms in total. The number of aliphatic hydroxyl groups is 1. The maximum absolute atomic E-state index is 14.5. The summed E-state index contributed by atoms with van der Waals surface area (Å²) in [6, 6.07) is 26.2. The van der Waals surface area contributed by atoms with Crippen molar-refractivity contribution < 1.29 is 19.4 Å². The highest BCUT2D eigenvalue weighted by Crippen LogP contribution is 2.46. The van der Waals surface area contributed by atoms with E-state index in [4.69, 9.17) is 54.4 Å². The number of nitrogens with zero attached hydrogens (tertiary/aromatic N) is 4. The number of hydrogen-bond donors (Lipinski definition) is 2. The minimum Gasteiger partial charge on any atom is -0.494 e. The molecule has 1 aliphatic heterocycles. The normalized spacial score (nSPS) is 17.2. The zero-order chi connectivity index (χ0) is 31.8. The van der Waals surface area contributed by atoms with E-state index >= 15 is 0 Å². The van der Waals surface area contributed by atoms with E-state index in [0.29, 0.717) is 56.2 Å². The second kappa shape index (κ2) is 14.7.